The lowest BCUT2D eigenvalue weighted by atomic mass is 10.2. The molecular weight excluding hydrogens is 342 g/mol. The fourth-order valence-electron chi connectivity index (χ4n) is 1.83. The molecule has 1 aromatic rings. The average molecular weight is 362 g/mol. The lowest BCUT2D eigenvalue weighted by Crippen LogP contribution is -2.30. The van der Waals surface area contributed by atoms with E-state index >= 15 is 0 Å². The molecule has 21 heavy (non-hydrogen) atoms. The molecule has 0 fully saturated rings. The van der Waals surface area contributed by atoms with Crippen LogP contribution in [-0.4, -0.2) is 42.6 Å². The number of hydrogen-bond donors (Lipinski definition) is 1. The van der Waals surface area contributed by atoms with Crippen molar-refractivity contribution in [2.24, 2.45) is 0 Å². The van der Waals surface area contributed by atoms with E-state index in [0.717, 1.165) is 17.5 Å². The van der Waals surface area contributed by atoms with Gasteiger partial charge >= 0.3 is 5.97 Å². The Morgan fingerprint density at radius 3 is 2.81 bits per heavy atom. The number of anilines is 1. The third-order valence-corrected chi connectivity index (χ3v) is 3.62. The molecule has 0 spiro atoms. The topological polar surface area (TPSA) is 82.4 Å². The molecule has 1 aromatic heterocycles. The van der Waals surface area contributed by atoms with Crippen molar-refractivity contribution in [3.63, 3.8) is 0 Å². The van der Waals surface area contributed by atoms with Crippen LogP contribution in [0, 0.1) is 0 Å². The Balaban J connectivity index is 2.92. The molecule has 0 aliphatic carbocycles. The van der Waals surface area contributed by atoms with Crippen molar-refractivity contribution in [3.05, 3.63) is 21.0 Å². The van der Waals surface area contributed by atoms with E-state index in [-0.39, 0.29) is 12.6 Å². The number of hydrogen-bond acceptors (Lipinski definition) is 6. The highest BCUT2D eigenvalue weighted by Gasteiger charge is 2.14. The number of ether oxygens (including phenoxy) is 2. The van der Waals surface area contributed by atoms with E-state index in [4.69, 9.17) is 4.74 Å². The first-order valence-corrected chi connectivity index (χ1v) is 7.40. The highest BCUT2D eigenvalue weighted by atomic mass is 79.9. The number of rotatable bonds is 8. The third kappa shape index (κ3) is 5.13. The molecule has 1 unspecified atom stereocenters. The van der Waals surface area contributed by atoms with Crippen LogP contribution in [0.5, 0.6) is 0 Å². The van der Waals surface area contributed by atoms with E-state index in [9.17, 15) is 9.59 Å². The summed E-state index contributed by atoms with van der Waals surface area (Å²) in [7, 11) is 2.89. The summed E-state index contributed by atoms with van der Waals surface area (Å²) in [6.07, 6.45) is 3.41. The van der Waals surface area contributed by atoms with Crippen molar-refractivity contribution >= 4 is 27.6 Å². The largest absolute Gasteiger partial charge is 0.468 e. The fraction of sp³-hybridized carbons (Fsp3) is 0.615. The summed E-state index contributed by atoms with van der Waals surface area (Å²) < 4.78 is 11.0. The van der Waals surface area contributed by atoms with E-state index < -0.39 is 11.5 Å². The van der Waals surface area contributed by atoms with E-state index in [1.165, 1.54) is 13.3 Å². The zero-order valence-electron chi connectivity index (χ0n) is 12.4. The molecule has 1 atom stereocenters. The lowest BCUT2D eigenvalue weighted by molar-refractivity contribution is -0.141. The molecule has 1 rings (SSSR count). The number of aromatic nitrogens is 2. The number of esters is 1. The van der Waals surface area contributed by atoms with Gasteiger partial charge in [0.15, 0.2) is 0 Å². The maximum absolute atomic E-state index is 12.1. The van der Waals surface area contributed by atoms with Crippen LogP contribution in [0.1, 0.15) is 19.8 Å². The summed E-state index contributed by atoms with van der Waals surface area (Å²) in [6, 6.07) is 0.0916. The minimum atomic E-state index is -0.527. The number of methoxy groups -OCH3 is 2. The Morgan fingerprint density at radius 2 is 2.24 bits per heavy atom. The van der Waals surface area contributed by atoms with Crippen LogP contribution in [0.15, 0.2) is 15.5 Å². The summed E-state index contributed by atoms with van der Waals surface area (Å²) in [5.74, 6) is -0.527. The van der Waals surface area contributed by atoms with Crippen molar-refractivity contribution in [1.82, 2.24) is 9.78 Å². The molecule has 118 valence electrons. The second-order valence-corrected chi connectivity index (χ2v) is 5.29. The fourth-order valence-corrected chi connectivity index (χ4v) is 2.25. The van der Waals surface area contributed by atoms with E-state index in [0.29, 0.717) is 16.8 Å². The van der Waals surface area contributed by atoms with Gasteiger partial charge in [0, 0.05) is 13.2 Å². The number of nitrogens with one attached hydrogen (secondary N) is 1. The molecule has 7 nitrogen and oxygen atoms in total. The molecule has 0 amide bonds. The Kier molecular flexibility index (Phi) is 7.38. The number of halogens is 1. The second-order valence-electron chi connectivity index (χ2n) is 4.50. The van der Waals surface area contributed by atoms with Crippen LogP contribution in [0.25, 0.3) is 0 Å². The molecule has 0 saturated heterocycles. The van der Waals surface area contributed by atoms with Crippen LogP contribution in [0.3, 0.4) is 0 Å². The molecule has 0 aliphatic rings. The van der Waals surface area contributed by atoms with Gasteiger partial charge in [0.25, 0.3) is 5.56 Å². The van der Waals surface area contributed by atoms with Gasteiger partial charge in [-0.05, 0) is 22.4 Å². The minimum Gasteiger partial charge on any atom is -0.468 e. The molecule has 0 aliphatic heterocycles. The zero-order chi connectivity index (χ0) is 15.8. The molecule has 0 aromatic carbocycles. The summed E-state index contributed by atoms with van der Waals surface area (Å²) in [4.78, 5) is 23.3. The summed E-state index contributed by atoms with van der Waals surface area (Å²) >= 11 is 3.24. The molecule has 0 saturated carbocycles. The maximum atomic E-state index is 12.1. The molecule has 0 radical (unpaired) electrons. The van der Waals surface area contributed by atoms with E-state index in [2.05, 4.69) is 38.0 Å². The maximum Gasteiger partial charge on any atom is 0.327 e. The molecular formula is C13H20BrN3O4. The van der Waals surface area contributed by atoms with Gasteiger partial charge < -0.3 is 14.8 Å². The first kappa shape index (κ1) is 17.6. The van der Waals surface area contributed by atoms with E-state index in [1.54, 1.807) is 7.11 Å². The minimum absolute atomic E-state index is 0.0916. The number of carbonyl (C=O) groups is 1. The average Bonchev–Trinajstić information content (AvgIpc) is 2.47. The Hall–Kier alpha value is -1.41. The van der Waals surface area contributed by atoms with Gasteiger partial charge in [0.2, 0.25) is 0 Å². The summed E-state index contributed by atoms with van der Waals surface area (Å²) in [6.45, 7) is 2.39. The predicted octanol–water partition coefficient (Wildman–Crippen LogP) is 1.41. The standard InChI is InChI=1S/C13H20BrN3O4/c1-4-5-9(8-20-2)16-10-6-15-17(7-11(18)21-3)13(19)12(10)14/h6,9,16H,4-5,7-8H2,1-3H3. The van der Waals surface area contributed by atoms with Gasteiger partial charge in [-0.25, -0.2) is 4.68 Å². The lowest BCUT2D eigenvalue weighted by Gasteiger charge is -2.19. The van der Waals surface area contributed by atoms with Gasteiger partial charge in [-0.15, -0.1) is 0 Å². The summed E-state index contributed by atoms with van der Waals surface area (Å²) in [5.41, 5.74) is 0.190. The zero-order valence-corrected chi connectivity index (χ0v) is 14.0. The van der Waals surface area contributed by atoms with Crippen LogP contribution in [0.2, 0.25) is 0 Å². The number of carbonyl (C=O) groups excluding carboxylic acids is 1. The van der Waals surface area contributed by atoms with E-state index in [1.807, 2.05) is 0 Å². The highest BCUT2D eigenvalue weighted by molar-refractivity contribution is 9.10. The Bertz CT molecular complexity index is 527. The van der Waals surface area contributed by atoms with Crippen LogP contribution in [0.4, 0.5) is 5.69 Å². The Labute approximate surface area is 131 Å². The van der Waals surface area contributed by atoms with Crippen molar-refractivity contribution in [1.29, 1.82) is 0 Å². The predicted molar refractivity (Wildman–Crippen MR) is 82.4 cm³/mol. The quantitative estimate of drug-likeness (QED) is 0.704. The van der Waals surface area contributed by atoms with Crippen molar-refractivity contribution in [2.75, 3.05) is 26.1 Å². The highest BCUT2D eigenvalue weighted by Crippen LogP contribution is 2.18. The smallest absolute Gasteiger partial charge is 0.327 e. The Morgan fingerprint density at radius 1 is 1.52 bits per heavy atom. The molecule has 1 N–H and O–H groups in total. The normalized spacial score (nSPS) is 12.0. The van der Waals surface area contributed by atoms with Crippen LogP contribution in [-0.2, 0) is 20.8 Å². The van der Waals surface area contributed by atoms with Crippen molar-refractivity contribution in [3.8, 4) is 0 Å². The monoisotopic (exact) mass is 361 g/mol. The SMILES string of the molecule is CCCC(COC)Nc1cnn(CC(=O)OC)c(=O)c1Br. The molecule has 1 heterocycles. The van der Waals surface area contributed by atoms with Gasteiger partial charge in [-0.3, -0.25) is 9.59 Å². The van der Waals surface area contributed by atoms with Gasteiger partial charge in [-0.2, -0.15) is 5.10 Å². The van der Waals surface area contributed by atoms with Crippen molar-refractivity contribution in [2.45, 2.75) is 32.4 Å². The first-order valence-electron chi connectivity index (χ1n) is 6.61. The molecule has 8 heteroatoms. The van der Waals surface area contributed by atoms with Gasteiger partial charge in [0.1, 0.15) is 11.0 Å². The molecule has 0 bridgehead atoms. The second kappa shape index (κ2) is 8.78. The van der Waals surface area contributed by atoms with Crippen LogP contribution >= 0.6 is 15.9 Å². The van der Waals surface area contributed by atoms with Gasteiger partial charge in [0.05, 0.1) is 25.6 Å². The third-order valence-electron chi connectivity index (χ3n) is 2.86. The summed E-state index contributed by atoms with van der Waals surface area (Å²) in [5, 5.41) is 7.19. The number of nitrogens with zero attached hydrogens (tertiary/aromatic N) is 2. The first-order chi connectivity index (χ1) is 10.0. The van der Waals surface area contributed by atoms with Crippen LogP contribution < -0.4 is 10.9 Å². The van der Waals surface area contributed by atoms with Gasteiger partial charge in [-0.1, -0.05) is 13.3 Å². The van der Waals surface area contributed by atoms with Crippen molar-refractivity contribution < 1.29 is 14.3 Å².